The van der Waals surface area contributed by atoms with Crippen LogP contribution in [0, 0.1) is 12.7 Å². The summed E-state index contributed by atoms with van der Waals surface area (Å²) in [7, 11) is 0. The molecule has 0 aliphatic rings. The molecule has 0 spiro atoms. The molecule has 0 aliphatic heterocycles. The standard InChI is InChI=1S/C12H8ClF4N3/c1-6-10(13)18-5-19-11(6)20-9-4-7(12(15,16)17)2-3-8(9)14/h2-5H,1H3,(H,18,19,20). The maximum Gasteiger partial charge on any atom is 0.416 e. The number of anilines is 2. The molecule has 0 saturated heterocycles. The number of rotatable bonds is 2. The Balaban J connectivity index is 2.41. The minimum Gasteiger partial charge on any atom is -0.337 e. The lowest BCUT2D eigenvalue weighted by Crippen LogP contribution is -2.07. The lowest BCUT2D eigenvalue weighted by atomic mass is 10.2. The molecule has 0 aliphatic carbocycles. The molecule has 0 radical (unpaired) electrons. The zero-order valence-electron chi connectivity index (χ0n) is 10.1. The second-order valence-electron chi connectivity index (χ2n) is 3.96. The van der Waals surface area contributed by atoms with Crippen LogP contribution in [0.3, 0.4) is 0 Å². The third-order valence-corrected chi connectivity index (χ3v) is 2.95. The number of nitrogens with one attached hydrogen (secondary N) is 1. The van der Waals surface area contributed by atoms with Gasteiger partial charge in [0.2, 0.25) is 0 Å². The van der Waals surface area contributed by atoms with Crippen LogP contribution in [0.4, 0.5) is 29.1 Å². The van der Waals surface area contributed by atoms with Gasteiger partial charge in [-0.05, 0) is 25.1 Å². The summed E-state index contributed by atoms with van der Waals surface area (Å²) in [5.74, 6) is -0.685. The van der Waals surface area contributed by atoms with Crippen LogP contribution < -0.4 is 5.32 Å². The van der Waals surface area contributed by atoms with Gasteiger partial charge < -0.3 is 5.32 Å². The lowest BCUT2D eigenvalue weighted by Gasteiger charge is -2.12. The third-order valence-electron chi connectivity index (χ3n) is 2.57. The number of hydrogen-bond donors (Lipinski definition) is 1. The van der Waals surface area contributed by atoms with Crippen molar-refractivity contribution in [3.63, 3.8) is 0 Å². The molecule has 0 amide bonds. The highest BCUT2D eigenvalue weighted by molar-refractivity contribution is 6.30. The first-order valence-electron chi connectivity index (χ1n) is 5.40. The van der Waals surface area contributed by atoms with E-state index in [1.807, 2.05) is 0 Å². The van der Waals surface area contributed by atoms with Gasteiger partial charge in [0.05, 0.1) is 11.3 Å². The van der Waals surface area contributed by atoms with Crippen LogP contribution in [-0.4, -0.2) is 9.97 Å². The topological polar surface area (TPSA) is 37.8 Å². The van der Waals surface area contributed by atoms with Gasteiger partial charge in [-0.2, -0.15) is 13.2 Å². The number of alkyl halides is 3. The smallest absolute Gasteiger partial charge is 0.337 e. The lowest BCUT2D eigenvalue weighted by molar-refractivity contribution is -0.137. The molecule has 106 valence electrons. The second kappa shape index (κ2) is 5.24. The summed E-state index contributed by atoms with van der Waals surface area (Å²) >= 11 is 5.76. The summed E-state index contributed by atoms with van der Waals surface area (Å²) < 4.78 is 51.3. The van der Waals surface area contributed by atoms with Crippen LogP contribution >= 0.6 is 11.6 Å². The summed E-state index contributed by atoms with van der Waals surface area (Å²) in [6.45, 7) is 1.57. The van der Waals surface area contributed by atoms with Crippen molar-refractivity contribution in [1.29, 1.82) is 0 Å². The molecule has 0 atom stereocenters. The van der Waals surface area contributed by atoms with E-state index in [2.05, 4.69) is 15.3 Å². The van der Waals surface area contributed by atoms with Gasteiger partial charge in [0.15, 0.2) is 0 Å². The van der Waals surface area contributed by atoms with Crippen LogP contribution in [-0.2, 0) is 6.18 Å². The van der Waals surface area contributed by atoms with E-state index in [4.69, 9.17) is 11.6 Å². The average molecular weight is 306 g/mol. The summed E-state index contributed by atoms with van der Waals surface area (Å²) in [6.07, 6.45) is -3.42. The van der Waals surface area contributed by atoms with Gasteiger partial charge in [-0.15, -0.1) is 0 Å². The molecule has 2 rings (SSSR count). The van der Waals surface area contributed by atoms with Crippen molar-refractivity contribution in [3.8, 4) is 0 Å². The normalized spacial score (nSPS) is 11.5. The molecule has 1 heterocycles. The molecule has 1 aromatic heterocycles. The monoisotopic (exact) mass is 305 g/mol. The first-order valence-corrected chi connectivity index (χ1v) is 5.77. The van der Waals surface area contributed by atoms with Gasteiger partial charge in [-0.3, -0.25) is 0 Å². The minimum atomic E-state index is -4.55. The maximum absolute atomic E-state index is 13.6. The predicted molar refractivity (Wildman–Crippen MR) is 66.5 cm³/mol. The Morgan fingerprint density at radius 1 is 1.20 bits per heavy atom. The number of nitrogens with zero attached hydrogens (tertiary/aromatic N) is 2. The van der Waals surface area contributed by atoms with Gasteiger partial charge in [0, 0.05) is 5.56 Å². The molecular weight excluding hydrogens is 298 g/mol. The quantitative estimate of drug-likeness (QED) is 0.662. The largest absolute Gasteiger partial charge is 0.416 e. The highest BCUT2D eigenvalue weighted by Crippen LogP contribution is 2.33. The summed E-state index contributed by atoms with van der Waals surface area (Å²) in [5.41, 5.74) is -0.886. The third kappa shape index (κ3) is 2.98. The van der Waals surface area contributed by atoms with Crippen LogP contribution in [0.2, 0.25) is 5.15 Å². The summed E-state index contributed by atoms with van der Waals surface area (Å²) in [4.78, 5) is 7.51. The minimum absolute atomic E-state index is 0.134. The SMILES string of the molecule is Cc1c(Cl)ncnc1Nc1cc(C(F)(F)F)ccc1F. The molecule has 0 fully saturated rings. The molecule has 1 N–H and O–H groups in total. The molecular formula is C12H8ClF4N3. The Kier molecular flexibility index (Phi) is 3.80. The zero-order chi connectivity index (χ0) is 14.9. The van der Waals surface area contributed by atoms with E-state index in [-0.39, 0.29) is 16.7 Å². The average Bonchev–Trinajstić information content (AvgIpc) is 2.36. The summed E-state index contributed by atoms with van der Waals surface area (Å²) in [5, 5.41) is 2.62. The van der Waals surface area contributed by atoms with E-state index in [1.165, 1.54) is 0 Å². The fraction of sp³-hybridized carbons (Fsp3) is 0.167. The highest BCUT2D eigenvalue weighted by Gasteiger charge is 2.31. The Morgan fingerprint density at radius 3 is 2.55 bits per heavy atom. The van der Waals surface area contributed by atoms with Crippen LogP contribution in [0.15, 0.2) is 24.5 Å². The van der Waals surface area contributed by atoms with E-state index >= 15 is 0 Å². The number of benzene rings is 1. The fourth-order valence-electron chi connectivity index (χ4n) is 1.48. The fourth-order valence-corrected chi connectivity index (χ4v) is 1.61. The maximum atomic E-state index is 13.6. The van der Waals surface area contributed by atoms with Crippen molar-refractivity contribution in [3.05, 3.63) is 46.6 Å². The van der Waals surface area contributed by atoms with Crippen molar-refractivity contribution in [2.24, 2.45) is 0 Å². The van der Waals surface area contributed by atoms with E-state index in [1.54, 1.807) is 6.92 Å². The Bertz CT molecular complexity index is 643. The molecule has 0 saturated carbocycles. The highest BCUT2D eigenvalue weighted by atomic mass is 35.5. The van der Waals surface area contributed by atoms with Gasteiger partial charge in [0.1, 0.15) is 23.1 Å². The van der Waals surface area contributed by atoms with Crippen LogP contribution in [0.25, 0.3) is 0 Å². The second-order valence-corrected chi connectivity index (χ2v) is 4.31. The molecule has 1 aromatic carbocycles. The first-order chi connectivity index (χ1) is 9.29. The molecule has 20 heavy (non-hydrogen) atoms. The van der Waals surface area contributed by atoms with Crippen molar-refractivity contribution in [1.82, 2.24) is 9.97 Å². The Labute approximate surface area is 116 Å². The van der Waals surface area contributed by atoms with Crippen molar-refractivity contribution in [2.45, 2.75) is 13.1 Å². The van der Waals surface area contributed by atoms with Gasteiger partial charge in [0.25, 0.3) is 0 Å². The number of hydrogen-bond acceptors (Lipinski definition) is 3. The Hall–Kier alpha value is -1.89. The zero-order valence-corrected chi connectivity index (χ0v) is 10.8. The molecule has 8 heteroatoms. The molecule has 0 unspecified atom stereocenters. The van der Waals surface area contributed by atoms with Gasteiger partial charge >= 0.3 is 6.18 Å². The van der Waals surface area contributed by atoms with Crippen molar-refractivity contribution < 1.29 is 17.6 Å². The van der Waals surface area contributed by atoms with E-state index < -0.39 is 17.6 Å². The number of halogens is 5. The summed E-state index contributed by atoms with van der Waals surface area (Å²) in [6, 6.07) is 2.08. The van der Waals surface area contributed by atoms with E-state index in [9.17, 15) is 17.6 Å². The van der Waals surface area contributed by atoms with Crippen molar-refractivity contribution >= 4 is 23.1 Å². The molecule has 2 aromatic rings. The van der Waals surface area contributed by atoms with Crippen molar-refractivity contribution in [2.75, 3.05) is 5.32 Å². The van der Waals surface area contributed by atoms with Gasteiger partial charge in [-0.1, -0.05) is 11.6 Å². The predicted octanol–water partition coefficient (Wildman–Crippen LogP) is 4.34. The van der Waals surface area contributed by atoms with E-state index in [0.29, 0.717) is 17.7 Å². The molecule has 3 nitrogen and oxygen atoms in total. The van der Waals surface area contributed by atoms with Gasteiger partial charge in [-0.25, -0.2) is 14.4 Å². The first kappa shape index (κ1) is 14.5. The van der Waals surface area contributed by atoms with Crippen LogP contribution in [0.5, 0.6) is 0 Å². The molecule has 0 bridgehead atoms. The Morgan fingerprint density at radius 2 is 1.90 bits per heavy atom. The van der Waals surface area contributed by atoms with Crippen LogP contribution in [0.1, 0.15) is 11.1 Å². The van der Waals surface area contributed by atoms with E-state index in [0.717, 1.165) is 12.4 Å². The number of aromatic nitrogens is 2.